The number of hydrogen-bond acceptors (Lipinski definition) is 6. The number of nitrogens with zero attached hydrogens (tertiary/aromatic N) is 1. The molecule has 0 bridgehead atoms. The van der Waals surface area contributed by atoms with E-state index in [9.17, 15) is 9.59 Å². The van der Waals surface area contributed by atoms with E-state index in [4.69, 9.17) is 14.2 Å². The number of carbonyl (C=O) groups excluding carboxylic acids is 2. The second-order valence-electron chi connectivity index (χ2n) is 7.25. The maximum Gasteiger partial charge on any atom is 0.256 e. The summed E-state index contributed by atoms with van der Waals surface area (Å²) in [6.45, 7) is 2.59. The fourth-order valence-corrected chi connectivity index (χ4v) is 3.33. The lowest BCUT2D eigenvalue weighted by Crippen LogP contribution is -2.45. The number of pyridine rings is 1. The molecule has 160 valence electrons. The van der Waals surface area contributed by atoms with Crippen molar-refractivity contribution in [3.8, 4) is 11.5 Å². The first-order chi connectivity index (χ1) is 14.5. The first kappa shape index (κ1) is 21.6. The van der Waals surface area contributed by atoms with Crippen LogP contribution in [0.1, 0.15) is 42.2 Å². The summed E-state index contributed by atoms with van der Waals surface area (Å²) in [7, 11) is 2.96. The van der Waals surface area contributed by atoms with Gasteiger partial charge in [-0.1, -0.05) is 6.07 Å². The summed E-state index contributed by atoms with van der Waals surface area (Å²) < 4.78 is 16.5. The van der Waals surface area contributed by atoms with Crippen molar-refractivity contribution in [1.82, 2.24) is 10.3 Å². The molecule has 1 aliphatic rings. The normalized spacial score (nSPS) is 18.4. The Morgan fingerprint density at radius 3 is 2.67 bits per heavy atom. The number of aromatic nitrogens is 1. The van der Waals surface area contributed by atoms with Crippen LogP contribution < -0.4 is 20.1 Å². The van der Waals surface area contributed by atoms with Crippen molar-refractivity contribution in [2.75, 3.05) is 26.1 Å². The van der Waals surface area contributed by atoms with Crippen molar-refractivity contribution in [2.45, 2.75) is 38.3 Å². The van der Waals surface area contributed by atoms with Crippen LogP contribution in [0, 0.1) is 0 Å². The smallest absolute Gasteiger partial charge is 0.256 e. The van der Waals surface area contributed by atoms with E-state index in [1.807, 2.05) is 18.2 Å². The van der Waals surface area contributed by atoms with Gasteiger partial charge in [-0.05, 0) is 50.5 Å². The third-order valence-corrected chi connectivity index (χ3v) is 5.09. The molecule has 0 radical (unpaired) electrons. The predicted octanol–water partition coefficient (Wildman–Crippen LogP) is 2.93. The fourth-order valence-electron chi connectivity index (χ4n) is 3.33. The third kappa shape index (κ3) is 4.88. The summed E-state index contributed by atoms with van der Waals surface area (Å²) in [4.78, 5) is 29.8. The van der Waals surface area contributed by atoms with Crippen LogP contribution in [-0.4, -0.2) is 43.2 Å². The molecule has 2 amide bonds. The van der Waals surface area contributed by atoms with E-state index in [0.717, 1.165) is 18.5 Å². The van der Waals surface area contributed by atoms with E-state index < -0.39 is 5.60 Å². The molecular formula is C22H27N3O5. The third-order valence-electron chi connectivity index (χ3n) is 5.09. The van der Waals surface area contributed by atoms with Crippen molar-refractivity contribution in [1.29, 1.82) is 0 Å². The van der Waals surface area contributed by atoms with Gasteiger partial charge in [0.15, 0.2) is 11.5 Å². The van der Waals surface area contributed by atoms with Crippen LogP contribution >= 0.6 is 0 Å². The van der Waals surface area contributed by atoms with Crippen molar-refractivity contribution in [2.24, 2.45) is 0 Å². The second kappa shape index (κ2) is 9.58. The summed E-state index contributed by atoms with van der Waals surface area (Å²) in [5, 5.41) is 5.67. The monoisotopic (exact) mass is 413 g/mol. The molecule has 1 aromatic heterocycles. The van der Waals surface area contributed by atoms with Gasteiger partial charge >= 0.3 is 0 Å². The number of hydrogen-bond donors (Lipinski definition) is 2. The molecule has 1 unspecified atom stereocenters. The Labute approximate surface area is 175 Å². The quantitative estimate of drug-likeness (QED) is 0.724. The molecule has 1 aromatic carbocycles. The Balaban J connectivity index is 1.83. The zero-order chi connectivity index (χ0) is 21.6. The van der Waals surface area contributed by atoms with Crippen LogP contribution in [0.3, 0.4) is 0 Å². The molecule has 2 heterocycles. The van der Waals surface area contributed by atoms with Crippen LogP contribution in [0.15, 0.2) is 36.5 Å². The van der Waals surface area contributed by atoms with E-state index in [2.05, 4.69) is 15.6 Å². The summed E-state index contributed by atoms with van der Waals surface area (Å²) in [6, 6.07) is 8.63. The van der Waals surface area contributed by atoms with Crippen LogP contribution in [0.25, 0.3) is 0 Å². The van der Waals surface area contributed by atoms with Crippen molar-refractivity contribution < 1.29 is 23.8 Å². The van der Waals surface area contributed by atoms with Crippen LogP contribution in [0.4, 0.5) is 5.69 Å². The van der Waals surface area contributed by atoms with Crippen LogP contribution in [-0.2, 0) is 16.1 Å². The summed E-state index contributed by atoms with van der Waals surface area (Å²) in [6.07, 6.45) is 4.15. The first-order valence-corrected chi connectivity index (χ1v) is 9.86. The first-order valence-electron chi connectivity index (χ1n) is 9.86. The molecule has 1 fully saturated rings. The predicted molar refractivity (Wildman–Crippen MR) is 112 cm³/mol. The fraction of sp³-hybridized carbons (Fsp3) is 0.409. The molecule has 30 heavy (non-hydrogen) atoms. The lowest BCUT2D eigenvalue weighted by atomic mass is 9.95. The highest BCUT2D eigenvalue weighted by atomic mass is 16.5. The van der Waals surface area contributed by atoms with Crippen molar-refractivity contribution >= 4 is 17.5 Å². The number of amides is 2. The van der Waals surface area contributed by atoms with E-state index >= 15 is 0 Å². The van der Waals surface area contributed by atoms with E-state index in [1.165, 1.54) is 14.2 Å². The van der Waals surface area contributed by atoms with Gasteiger partial charge in [-0.3, -0.25) is 14.6 Å². The van der Waals surface area contributed by atoms with Gasteiger partial charge in [0, 0.05) is 18.4 Å². The Bertz CT molecular complexity index is 895. The van der Waals surface area contributed by atoms with Crippen LogP contribution in [0.2, 0.25) is 0 Å². The largest absolute Gasteiger partial charge is 0.493 e. The summed E-state index contributed by atoms with van der Waals surface area (Å²) in [5.74, 6) is 0.0744. The number of benzene rings is 1. The van der Waals surface area contributed by atoms with Gasteiger partial charge in [-0.2, -0.15) is 0 Å². The number of carbonyl (C=O) groups is 2. The molecule has 2 N–H and O–H groups in total. The molecule has 0 spiro atoms. The highest BCUT2D eigenvalue weighted by Gasteiger charge is 2.36. The maximum atomic E-state index is 12.9. The van der Waals surface area contributed by atoms with Gasteiger partial charge in [0.05, 0.1) is 32.1 Å². The van der Waals surface area contributed by atoms with E-state index in [0.29, 0.717) is 35.8 Å². The molecule has 3 rings (SSSR count). The van der Waals surface area contributed by atoms with Gasteiger partial charge in [0.1, 0.15) is 5.60 Å². The lowest BCUT2D eigenvalue weighted by Gasteiger charge is -2.32. The Morgan fingerprint density at radius 2 is 2.03 bits per heavy atom. The topological polar surface area (TPSA) is 98.8 Å². The summed E-state index contributed by atoms with van der Waals surface area (Å²) >= 11 is 0. The average Bonchev–Trinajstić information content (AvgIpc) is 2.78. The molecule has 0 aliphatic carbocycles. The van der Waals surface area contributed by atoms with Gasteiger partial charge in [-0.25, -0.2) is 0 Å². The van der Waals surface area contributed by atoms with Crippen molar-refractivity contribution in [3.05, 3.63) is 47.8 Å². The highest BCUT2D eigenvalue weighted by molar-refractivity contribution is 6.01. The molecule has 1 saturated heterocycles. The SMILES string of the molecule is COc1cc(C(=O)NCc2ccccn2)cc(NC(=O)C2(C)CCCCO2)c1OC. The van der Waals surface area contributed by atoms with Gasteiger partial charge in [-0.15, -0.1) is 0 Å². The highest BCUT2D eigenvalue weighted by Crippen LogP contribution is 2.38. The molecule has 0 saturated carbocycles. The lowest BCUT2D eigenvalue weighted by molar-refractivity contribution is -0.144. The Kier molecular flexibility index (Phi) is 6.89. The second-order valence-corrected chi connectivity index (χ2v) is 7.25. The van der Waals surface area contributed by atoms with Gasteiger partial charge in [0.25, 0.3) is 11.8 Å². The molecule has 2 aromatic rings. The number of nitrogens with one attached hydrogen (secondary N) is 2. The van der Waals surface area contributed by atoms with Gasteiger partial charge < -0.3 is 24.8 Å². The van der Waals surface area contributed by atoms with Gasteiger partial charge in [0.2, 0.25) is 0 Å². The van der Waals surface area contributed by atoms with E-state index in [-0.39, 0.29) is 18.4 Å². The molecule has 1 atom stereocenters. The number of anilines is 1. The Morgan fingerprint density at radius 1 is 1.20 bits per heavy atom. The maximum absolute atomic E-state index is 12.9. The molecule has 1 aliphatic heterocycles. The minimum Gasteiger partial charge on any atom is -0.493 e. The van der Waals surface area contributed by atoms with E-state index in [1.54, 1.807) is 25.3 Å². The van der Waals surface area contributed by atoms with Crippen molar-refractivity contribution in [3.63, 3.8) is 0 Å². The minimum absolute atomic E-state index is 0.279. The number of ether oxygens (including phenoxy) is 3. The standard InChI is InChI=1S/C22H27N3O5/c1-22(9-5-7-11-30-22)21(27)25-17-12-15(13-18(28-2)19(17)29-3)20(26)24-14-16-8-4-6-10-23-16/h4,6,8,10,12-13H,5,7,9,11,14H2,1-3H3,(H,24,26)(H,25,27). The molecular weight excluding hydrogens is 386 g/mol. The Hall–Kier alpha value is -3.13. The number of methoxy groups -OCH3 is 2. The zero-order valence-corrected chi connectivity index (χ0v) is 17.5. The minimum atomic E-state index is -0.923. The van der Waals surface area contributed by atoms with Crippen LogP contribution in [0.5, 0.6) is 11.5 Å². The average molecular weight is 413 g/mol. The zero-order valence-electron chi connectivity index (χ0n) is 17.5. The number of rotatable bonds is 7. The molecule has 8 nitrogen and oxygen atoms in total. The summed E-state index contributed by atoms with van der Waals surface area (Å²) in [5.41, 5.74) is 0.490. The molecule has 8 heteroatoms.